The second-order valence-corrected chi connectivity index (χ2v) is 4.80. The zero-order chi connectivity index (χ0) is 11.8. The molecule has 1 aromatic rings. The first-order valence-corrected chi connectivity index (χ1v) is 6.02. The van der Waals surface area contributed by atoms with Crippen LogP contribution in [0.3, 0.4) is 0 Å². The SMILES string of the molecule is CN(CC(O)c1ccc2c(c1)OCO2)C1CC1. The van der Waals surface area contributed by atoms with Crippen LogP contribution in [0, 0.1) is 0 Å². The standard InChI is InChI=1S/C13H17NO3/c1-14(10-3-4-10)7-11(15)9-2-5-12-13(6-9)17-8-16-12/h2,5-6,10-11,15H,3-4,7-8H2,1H3. The van der Waals surface area contributed by atoms with Gasteiger partial charge in [0, 0.05) is 12.6 Å². The summed E-state index contributed by atoms with van der Waals surface area (Å²) in [7, 11) is 2.06. The summed E-state index contributed by atoms with van der Waals surface area (Å²) in [6.45, 7) is 0.946. The molecule has 1 aliphatic carbocycles. The summed E-state index contributed by atoms with van der Waals surface area (Å²) >= 11 is 0. The predicted octanol–water partition coefficient (Wildman–Crippen LogP) is 1.54. The number of ether oxygens (including phenoxy) is 2. The van der Waals surface area contributed by atoms with Gasteiger partial charge in [-0.2, -0.15) is 0 Å². The molecule has 0 amide bonds. The van der Waals surface area contributed by atoms with E-state index < -0.39 is 6.10 Å². The number of aliphatic hydroxyl groups is 1. The summed E-state index contributed by atoms with van der Waals surface area (Å²) in [6, 6.07) is 6.30. The Morgan fingerprint density at radius 3 is 2.88 bits per heavy atom. The lowest BCUT2D eigenvalue weighted by Gasteiger charge is -2.20. The summed E-state index contributed by atoms with van der Waals surface area (Å²) in [5.74, 6) is 1.49. The van der Waals surface area contributed by atoms with E-state index in [0.29, 0.717) is 12.6 Å². The molecule has 0 saturated heterocycles. The van der Waals surface area contributed by atoms with Crippen LogP contribution in [-0.4, -0.2) is 36.4 Å². The molecule has 1 heterocycles. The fourth-order valence-corrected chi connectivity index (χ4v) is 2.16. The van der Waals surface area contributed by atoms with Crippen LogP contribution in [-0.2, 0) is 0 Å². The van der Waals surface area contributed by atoms with Crippen LogP contribution in [0.1, 0.15) is 24.5 Å². The topological polar surface area (TPSA) is 41.9 Å². The highest BCUT2D eigenvalue weighted by molar-refractivity contribution is 5.45. The highest BCUT2D eigenvalue weighted by atomic mass is 16.7. The smallest absolute Gasteiger partial charge is 0.231 e. The average Bonchev–Trinajstić information content (AvgIpc) is 3.07. The largest absolute Gasteiger partial charge is 0.454 e. The molecule has 4 nitrogen and oxygen atoms in total. The van der Waals surface area contributed by atoms with Gasteiger partial charge in [0.2, 0.25) is 6.79 Å². The Morgan fingerprint density at radius 2 is 2.12 bits per heavy atom. The summed E-state index contributed by atoms with van der Waals surface area (Å²) in [5, 5.41) is 10.2. The number of aliphatic hydroxyl groups excluding tert-OH is 1. The second-order valence-electron chi connectivity index (χ2n) is 4.80. The Hall–Kier alpha value is -1.26. The van der Waals surface area contributed by atoms with E-state index in [9.17, 15) is 5.11 Å². The van der Waals surface area contributed by atoms with Crippen molar-refractivity contribution in [2.45, 2.75) is 25.0 Å². The molecule has 0 spiro atoms. The Labute approximate surface area is 101 Å². The summed E-state index contributed by atoms with van der Waals surface area (Å²) < 4.78 is 10.6. The maximum Gasteiger partial charge on any atom is 0.231 e. The molecule has 92 valence electrons. The van der Waals surface area contributed by atoms with Crippen LogP contribution in [0.5, 0.6) is 11.5 Å². The lowest BCUT2D eigenvalue weighted by atomic mass is 10.1. The second kappa shape index (κ2) is 4.20. The number of nitrogens with zero attached hydrogens (tertiary/aromatic N) is 1. The van der Waals surface area contributed by atoms with Crippen LogP contribution in [0.15, 0.2) is 18.2 Å². The van der Waals surface area contributed by atoms with E-state index in [1.807, 2.05) is 18.2 Å². The molecule has 0 bridgehead atoms. The Balaban J connectivity index is 1.70. The van der Waals surface area contributed by atoms with Crippen LogP contribution in [0.2, 0.25) is 0 Å². The maximum atomic E-state index is 10.2. The first kappa shape index (κ1) is 10.9. The third-order valence-electron chi connectivity index (χ3n) is 3.41. The summed E-state index contributed by atoms with van der Waals surface area (Å²) in [4.78, 5) is 2.22. The van der Waals surface area contributed by atoms with E-state index in [4.69, 9.17) is 9.47 Å². The molecule has 17 heavy (non-hydrogen) atoms. The quantitative estimate of drug-likeness (QED) is 0.859. The normalized spacial score (nSPS) is 19.7. The molecular formula is C13H17NO3. The third kappa shape index (κ3) is 2.23. The molecule has 1 saturated carbocycles. The fourth-order valence-electron chi connectivity index (χ4n) is 2.16. The number of rotatable bonds is 4. The van der Waals surface area contributed by atoms with Gasteiger partial charge >= 0.3 is 0 Å². The minimum Gasteiger partial charge on any atom is -0.454 e. The molecule has 4 heteroatoms. The Morgan fingerprint density at radius 1 is 1.35 bits per heavy atom. The number of fused-ring (bicyclic) bond motifs is 1. The van der Waals surface area contributed by atoms with Gasteiger partial charge in [-0.25, -0.2) is 0 Å². The molecule has 1 aromatic carbocycles. The van der Waals surface area contributed by atoms with Crippen molar-refractivity contribution in [1.82, 2.24) is 4.90 Å². The molecule has 0 aromatic heterocycles. The van der Waals surface area contributed by atoms with Gasteiger partial charge in [-0.05, 0) is 37.6 Å². The fraction of sp³-hybridized carbons (Fsp3) is 0.538. The predicted molar refractivity (Wildman–Crippen MR) is 63.2 cm³/mol. The van der Waals surface area contributed by atoms with Gasteiger partial charge in [0.1, 0.15) is 0 Å². The van der Waals surface area contributed by atoms with Crippen LogP contribution in [0.25, 0.3) is 0 Å². The van der Waals surface area contributed by atoms with Crippen molar-refractivity contribution in [2.75, 3.05) is 20.4 Å². The van der Waals surface area contributed by atoms with E-state index in [-0.39, 0.29) is 6.79 Å². The molecule has 1 aliphatic heterocycles. The van der Waals surface area contributed by atoms with E-state index in [2.05, 4.69) is 11.9 Å². The van der Waals surface area contributed by atoms with E-state index in [1.165, 1.54) is 12.8 Å². The number of likely N-dealkylation sites (N-methyl/N-ethyl adjacent to an activating group) is 1. The van der Waals surface area contributed by atoms with E-state index >= 15 is 0 Å². The lowest BCUT2D eigenvalue weighted by molar-refractivity contribution is 0.123. The van der Waals surface area contributed by atoms with Gasteiger partial charge in [0.25, 0.3) is 0 Å². The van der Waals surface area contributed by atoms with Crippen LogP contribution < -0.4 is 9.47 Å². The van der Waals surface area contributed by atoms with Crippen molar-refractivity contribution in [2.24, 2.45) is 0 Å². The summed E-state index contributed by atoms with van der Waals surface area (Å²) in [6.07, 6.45) is 2.05. The first-order chi connectivity index (χ1) is 8.24. The molecular weight excluding hydrogens is 218 g/mol. The van der Waals surface area contributed by atoms with Crippen molar-refractivity contribution in [3.63, 3.8) is 0 Å². The zero-order valence-corrected chi connectivity index (χ0v) is 9.93. The number of benzene rings is 1. The van der Waals surface area contributed by atoms with Crippen molar-refractivity contribution < 1.29 is 14.6 Å². The van der Waals surface area contributed by atoms with Crippen LogP contribution >= 0.6 is 0 Å². The van der Waals surface area contributed by atoms with E-state index in [0.717, 1.165) is 17.1 Å². The van der Waals surface area contributed by atoms with Crippen LogP contribution in [0.4, 0.5) is 0 Å². The van der Waals surface area contributed by atoms with Crippen molar-refractivity contribution >= 4 is 0 Å². The van der Waals surface area contributed by atoms with Crippen molar-refractivity contribution in [3.05, 3.63) is 23.8 Å². The minimum atomic E-state index is -0.463. The van der Waals surface area contributed by atoms with Gasteiger partial charge < -0.3 is 19.5 Å². The van der Waals surface area contributed by atoms with Gasteiger partial charge in [-0.1, -0.05) is 6.07 Å². The molecule has 2 aliphatic rings. The lowest BCUT2D eigenvalue weighted by Crippen LogP contribution is -2.26. The third-order valence-corrected chi connectivity index (χ3v) is 3.41. The van der Waals surface area contributed by atoms with E-state index in [1.54, 1.807) is 0 Å². The highest BCUT2D eigenvalue weighted by Gasteiger charge is 2.28. The van der Waals surface area contributed by atoms with Crippen molar-refractivity contribution in [3.8, 4) is 11.5 Å². The van der Waals surface area contributed by atoms with Gasteiger partial charge in [0.05, 0.1) is 6.10 Å². The minimum absolute atomic E-state index is 0.275. The first-order valence-electron chi connectivity index (χ1n) is 6.02. The average molecular weight is 235 g/mol. The Bertz CT molecular complexity index is 417. The van der Waals surface area contributed by atoms with Crippen molar-refractivity contribution in [1.29, 1.82) is 0 Å². The molecule has 1 unspecified atom stereocenters. The van der Waals surface area contributed by atoms with Gasteiger partial charge in [0.15, 0.2) is 11.5 Å². The monoisotopic (exact) mass is 235 g/mol. The maximum absolute atomic E-state index is 10.2. The summed E-state index contributed by atoms with van der Waals surface area (Å²) in [5.41, 5.74) is 0.891. The molecule has 1 N–H and O–H groups in total. The highest BCUT2D eigenvalue weighted by Crippen LogP contribution is 2.35. The molecule has 1 atom stereocenters. The number of hydrogen-bond acceptors (Lipinski definition) is 4. The molecule has 1 fully saturated rings. The number of hydrogen-bond donors (Lipinski definition) is 1. The zero-order valence-electron chi connectivity index (χ0n) is 9.93. The Kier molecular flexibility index (Phi) is 2.68. The van der Waals surface area contributed by atoms with Gasteiger partial charge in [-0.15, -0.1) is 0 Å². The van der Waals surface area contributed by atoms with Gasteiger partial charge in [-0.3, -0.25) is 0 Å². The molecule has 3 rings (SSSR count). The molecule has 0 radical (unpaired) electrons.